The number of urea groups is 1. The Morgan fingerprint density at radius 3 is 2.50 bits per heavy atom. The van der Waals surface area contributed by atoms with Gasteiger partial charge in [0.2, 0.25) is 0 Å². The third-order valence-corrected chi connectivity index (χ3v) is 3.18. The van der Waals surface area contributed by atoms with E-state index < -0.39 is 5.97 Å². The van der Waals surface area contributed by atoms with Crippen LogP contribution in [0.2, 0.25) is 0 Å². The Bertz CT molecular complexity index is 480. The summed E-state index contributed by atoms with van der Waals surface area (Å²) in [6.07, 6.45) is 0.855. The topological polar surface area (TPSA) is 91.6 Å². The van der Waals surface area contributed by atoms with Crippen LogP contribution < -0.4 is 10.6 Å². The van der Waals surface area contributed by atoms with Crippen LogP contribution in [0.25, 0.3) is 0 Å². The van der Waals surface area contributed by atoms with E-state index in [4.69, 9.17) is 9.52 Å². The molecule has 1 unspecified atom stereocenters. The number of furan rings is 1. The summed E-state index contributed by atoms with van der Waals surface area (Å²) in [6, 6.07) is 1.26. The van der Waals surface area contributed by atoms with Crippen molar-refractivity contribution in [1.82, 2.24) is 10.6 Å². The Labute approximate surface area is 118 Å². The van der Waals surface area contributed by atoms with E-state index in [9.17, 15) is 9.59 Å². The summed E-state index contributed by atoms with van der Waals surface area (Å²) >= 11 is 0. The van der Waals surface area contributed by atoms with Crippen LogP contribution >= 0.6 is 0 Å². The van der Waals surface area contributed by atoms with Gasteiger partial charge in [-0.1, -0.05) is 20.8 Å². The average Bonchev–Trinajstić information content (AvgIpc) is 2.74. The molecule has 6 nitrogen and oxygen atoms in total. The molecule has 0 aromatic carbocycles. The van der Waals surface area contributed by atoms with Crippen LogP contribution in [0.15, 0.2) is 10.5 Å². The van der Waals surface area contributed by atoms with Gasteiger partial charge < -0.3 is 20.2 Å². The lowest BCUT2D eigenvalue weighted by Crippen LogP contribution is -2.43. The van der Waals surface area contributed by atoms with Gasteiger partial charge in [-0.2, -0.15) is 0 Å². The zero-order chi connectivity index (χ0) is 15.3. The molecule has 1 rings (SSSR count). The number of carbonyl (C=O) groups is 2. The zero-order valence-corrected chi connectivity index (χ0v) is 12.3. The molecule has 3 N–H and O–H groups in total. The Hall–Kier alpha value is -1.98. The molecule has 0 aliphatic heterocycles. The Balaban J connectivity index is 2.53. The summed E-state index contributed by atoms with van der Waals surface area (Å²) in [5.74, 6) is 0.0824. The number of aryl methyl sites for hydroxylation is 1. The third kappa shape index (κ3) is 4.29. The third-order valence-electron chi connectivity index (χ3n) is 3.18. The van der Waals surface area contributed by atoms with E-state index in [1.165, 1.54) is 6.07 Å². The molecule has 0 aliphatic rings. The molecule has 0 saturated heterocycles. The Morgan fingerprint density at radius 2 is 2.05 bits per heavy atom. The van der Waals surface area contributed by atoms with Gasteiger partial charge in [-0.15, -0.1) is 0 Å². The van der Waals surface area contributed by atoms with Crippen LogP contribution in [0.1, 0.15) is 49.1 Å². The van der Waals surface area contributed by atoms with E-state index in [-0.39, 0.29) is 24.2 Å². The first-order valence-corrected chi connectivity index (χ1v) is 6.72. The van der Waals surface area contributed by atoms with E-state index in [1.807, 2.05) is 20.8 Å². The lowest BCUT2D eigenvalue weighted by Gasteiger charge is -2.20. The molecule has 6 heteroatoms. The molecule has 20 heavy (non-hydrogen) atoms. The minimum atomic E-state index is -1.03. The second-order valence-electron chi connectivity index (χ2n) is 5.07. The predicted octanol–water partition coefficient (Wildman–Crippen LogP) is 2.52. The monoisotopic (exact) mass is 282 g/mol. The minimum Gasteiger partial charge on any atom is -0.478 e. The van der Waals surface area contributed by atoms with Crippen molar-refractivity contribution in [2.24, 2.45) is 5.92 Å². The summed E-state index contributed by atoms with van der Waals surface area (Å²) < 4.78 is 5.28. The highest BCUT2D eigenvalue weighted by Crippen LogP contribution is 2.14. The van der Waals surface area contributed by atoms with Gasteiger partial charge >= 0.3 is 12.0 Å². The van der Waals surface area contributed by atoms with E-state index >= 15 is 0 Å². The molecule has 1 heterocycles. The SMILES string of the molecule is CCC(NC(=O)NCc1cc(C(=O)O)c(C)o1)C(C)C. The normalized spacial score (nSPS) is 12.2. The highest BCUT2D eigenvalue weighted by molar-refractivity contribution is 5.88. The molecule has 1 aromatic heterocycles. The number of hydrogen-bond donors (Lipinski definition) is 3. The van der Waals surface area contributed by atoms with Gasteiger partial charge in [0.1, 0.15) is 17.1 Å². The fourth-order valence-electron chi connectivity index (χ4n) is 1.97. The fourth-order valence-corrected chi connectivity index (χ4v) is 1.97. The quantitative estimate of drug-likeness (QED) is 0.747. The van der Waals surface area contributed by atoms with E-state index in [1.54, 1.807) is 6.92 Å². The molecule has 0 aliphatic carbocycles. The number of aromatic carboxylic acids is 1. The van der Waals surface area contributed by atoms with Crippen LogP contribution in [0.4, 0.5) is 4.79 Å². The van der Waals surface area contributed by atoms with E-state index in [0.29, 0.717) is 17.4 Å². The molecule has 0 bridgehead atoms. The summed E-state index contributed by atoms with van der Waals surface area (Å²) in [4.78, 5) is 22.6. The van der Waals surface area contributed by atoms with Crippen molar-refractivity contribution in [2.45, 2.75) is 46.7 Å². The molecular weight excluding hydrogens is 260 g/mol. The van der Waals surface area contributed by atoms with Gasteiger partial charge in [0.15, 0.2) is 0 Å². The summed E-state index contributed by atoms with van der Waals surface area (Å²) in [5.41, 5.74) is 0.121. The lowest BCUT2D eigenvalue weighted by atomic mass is 10.0. The van der Waals surface area contributed by atoms with Crippen molar-refractivity contribution in [3.63, 3.8) is 0 Å². The largest absolute Gasteiger partial charge is 0.478 e. The highest BCUT2D eigenvalue weighted by atomic mass is 16.4. The standard InChI is InChI=1S/C14H22N2O4/c1-5-12(8(2)3)16-14(19)15-7-10-6-11(13(17)18)9(4)20-10/h6,8,12H,5,7H2,1-4H3,(H,17,18)(H2,15,16,19). The maximum atomic E-state index is 11.7. The molecule has 0 radical (unpaired) electrons. The van der Waals surface area contributed by atoms with Crippen molar-refractivity contribution in [3.8, 4) is 0 Å². The van der Waals surface area contributed by atoms with Crippen LogP contribution in [0, 0.1) is 12.8 Å². The number of carboxylic acid groups (broad SMARTS) is 1. The van der Waals surface area contributed by atoms with Gasteiger partial charge in [-0.05, 0) is 25.3 Å². The second kappa shape index (κ2) is 6.98. The fraction of sp³-hybridized carbons (Fsp3) is 0.571. The minimum absolute atomic E-state index is 0.114. The summed E-state index contributed by atoms with van der Waals surface area (Å²) in [7, 11) is 0. The van der Waals surface area contributed by atoms with Gasteiger partial charge in [0.05, 0.1) is 6.54 Å². The number of carboxylic acids is 1. The molecule has 0 fully saturated rings. The molecular formula is C14H22N2O4. The van der Waals surface area contributed by atoms with Crippen molar-refractivity contribution in [3.05, 3.63) is 23.2 Å². The number of amides is 2. The first-order chi connectivity index (χ1) is 9.35. The first-order valence-electron chi connectivity index (χ1n) is 6.72. The predicted molar refractivity (Wildman–Crippen MR) is 74.7 cm³/mol. The van der Waals surface area contributed by atoms with Crippen molar-refractivity contribution >= 4 is 12.0 Å². The molecule has 1 aromatic rings. The van der Waals surface area contributed by atoms with Crippen molar-refractivity contribution < 1.29 is 19.1 Å². The summed E-state index contributed by atoms with van der Waals surface area (Å²) in [5, 5.41) is 14.4. The number of nitrogens with one attached hydrogen (secondary N) is 2. The van der Waals surface area contributed by atoms with E-state index in [0.717, 1.165) is 6.42 Å². The van der Waals surface area contributed by atoms with Crippen LogP contribution in [0.3, 0.4) is 0 Å². The molecule has 2 amide bonds. The maximum Gasteiger partial charge on any atom is 0.339 e. The van der Waals surface area contributed by atoms with Crippen LogP contribution in [-0.2, 0) is 6.54 Å². The molecule has 112 valence electrons. The van der Waals surface area contributed by atoms with Gasteiger partial charge in [0, 0.05) is 6.04 Å². The zero-order valence-electron chi connectivity index (χ0n) is 12.3. The smallest absolute Gasteiger partial charge is 0.339 e. The van der Waals surface area contributed by atoms with Crippen molar-refractivity contribution in [2.75, 3.05) is 0 Å². The van der Waals surface area contributed by atoms with Gasteiger partial charge in [-0.3, -0.25) is 0 Å². The maximum absolute atomic E-state index is 11.7. The van der Waals surface area contributed by atoms with Gasteiger partial charge in [0.25, 0.3) is 0 Å². The van der Waals surface area contributed by atoms with Crippen LogP contribution in [-0.4, -0.2) is 23.1 Å². The average molecular weight is 282 g/mol. The first kappa shape index (κ1) is 16.1. The number of carbonyl (C=O) groups excluding carboxylic acids is 1. The van der Waals surface area contributed by atoms with Crippen molar-refractivity contribution in [1.29, 1.82) is 0 Å². The Kier molecular flexibility index (Phi) is 5.61. The van der Waals surface area contributed by atoms with Gasteiger partial charge in [-0.25, -0.2) is 9.59 Å². The molecule has 0 saturated carbocycles. The summed E-state index contributed by atoms with van der Waals surface area (Å²) in [6.45, 7) is 7.85. The highest BCUT2D eigenvalue weighted by Gasteiger charge is 2.16. The van der Waals surface area contributed by atoms with Crippen LogP contribution in [0.5, 0.6) is 0 Å². The number of rotatable bonds is 6. The Morgan fingerprint density at radius 1 is 1.40 bits per heavy atom. The molecule has 0 spiro atoms. The number of hydrogen-bond acceptors (Lipinski definition) is 3. The second-order valence-corrected chi connectivity index (χ2v) is 5.07. The molecule has 1 atom stereocenters. The lowest BCUT2D eigenvalue weighted by molar-refractivity contribution is 0.0695. The van der Waals surface area contributed by atoms with E-state index in [2.05, 4.69) is 10.6 Å².